The van der Waals surface area contributed by atoms with E-state index in [0.29, 0.717) is 19.3 Å². The van der Waals surface area contributed by atoms with Crippen LogP contribution in [0.5, 0.6) is 0 Å². The Morgan fingerprint density at radius 1 is 0.213 bits per heavy atom. The highest BCUT2D eigenvalue weighted by Crippen LogP contribution is 2.19. The summed E-state index contributed by atoms with van der Waals surface area (Å²) in [5, 5.41) is 0. The summed E-state index contributed by atoms with van der Waals surface area (Å²) in [5.41, 5.74) is 0. The minimum atomic E-state index is -0.763. The second kappa shape index (κ2) is 64.9. The molecule has 0 fully saturated rings. The summed E-state index contributed by atoms with van der Waals surface area (Å²) in [6, 6.07) is 0. The van der Waals surface area contributed by atoms with Crippen molar-refractivity contribution in [2.45, 2.75) is 412 Å². The number of rotatable bonds is 65. The topological polar surface area (TPSA) is 78.9 Å². The minimum Gasteiger partial charge on any atom is -0.462 e. The van der Waals surface area contributed by atoms with Crippen LogP contribution in [0.1, 0.15) is 406 Å². The fraction of sp³-hybridized carbons (Fsp3) is 0.957. The van der Waals surface area contributed by atoms with Crippen molar-refractivity contribution >= 4 is 17.9 Å². The molecule has 0 saturated carbocycles. The first-order chi connectivity index (χ1) is 37.0. The van der Waals surface area contributed by atoms with E-state index in [9.17, 15) is 14.4 Å². The Labute approximate surface area is 469 Å². The largest absolute Gasteiger partial charge is 0.462 e. The lowest BCUT2D eigenvalue weighted by Crippen LogP contribution is -2.30. The number of carbonyl (C=O) groups excluding carboxylic acids is 3. The van der Waals surface area contributed by atoms with E-state index in [4.69, 9.17) is 14.2 Å². The number of hydrogen-bond donors (Lipinski definition) is 0. The summed E-state index contributed by atoms with van der Waals surface area (Å²) in [4.78, 5) is 38.4. The van der Waals surface area contributed by atoms with E-state index in [-0.39, 0.29) is 31.1 Å². The number of carbonyl (C=O) groups is 3. The van der Waals surface area contributed by atoms with Gasteiger partial charge >= 0.3 is 17.9 Å². The SMILES string of the molecule is CCCCCCCCCCCCCCCCCCCCCCCC(=O)OCC(COC(=O)CCCCCCCCCCCCCCCCCCCCCCC)OC(=O)CCCCCCCCCCCCCCCCC. The van der Waals surface area contributed by atoms with Gasteiger partial charge in [-0.05, 0) is 19.3 Å². The highest BCUT2D eigenvalue weighted by Gasteiger charge is 2.19. The summed E-state index contributed by atoms with van der Waals surface area (Å²) < 4.78 is 17.0. The van der Waals surface area contributed by atoms with Gasteiger partial charge in [-0.3, -0.25) is 14.4 Å². The molecule has 0 rings (SSSR count). The average molecular weight is 1060 g/mol. The van der Waals surface area contributed by atoms with Crippen molar-refractivity contribution in [1.29, 1.82) is 0 Å². The zero-order valence-corrected chi connectivity index (χ0v) is 51.4. The van der Waals surface area contributed by atoms with Crippen LogP contribution >= 0.6 is 0 Å². The van der Waals surface area contributed by atoms with Crippen LogP contribution in [-0.2, 0) is 28.6 Å². The first kappa shape index (κ1) is 73.4. The molecule has 0 amide bonds. The van der Waals surface area contributed by atoms with Gasteiger partial charge < -0.3 is 14.2 Å². The highest BCUT2D eigenvalue weighted by molar-refractivity contribution is 5.71. The molecular weight excluding hydrogens is 925 g/mol. The molecule has 0 aromatic heterocycles. The lowest BCUT2D eigenvalue weighted by Gasteiger charge is -2.18. The van der Waals surface area contributed by atoms with E-state index < -0.39 is 6.10 Å². The third-order valence-corrected chi connectivity index (χ3v) is 16.1. The van der Waals surface area contributed by atoms with Crippen LogP contribution in [0.2, 0.25) is 0 Å². The van der Waals surface area contributed by atoms with Gasteiger partial charge in [-0.15, -0.1) is 0 Å². The van der Waals surface area contributed by atoms with Crippen LogP contribution < -0.4 is 0 Å². The first-order valence-corrected chi connectivity index (χ1v) is 34.5. The van der Waals surface area contributed by atoms with Crippen molar-refractivity contribution in [2.75, 3.05) is 13.2 Å². The predicted molar refractivity (Wildman–Crippen MR) is 326 cm³/mol. The van der Waals surface area contributed by atoms with Gasteiger partial charge in [0.15, 0.2) is 6.10 Å². The summed E-state index contributed by atoms with van der Waals surface area (Å²) >= 11 is 0. The minimum absolute atomic E-state index is 0.0602. The van der Waals surface area contributed by atoms with Crippen LogP contribution in [0.25, 0.3) is 0 Å². The van der Waals surface area contributed by atoms with Crippen LogP contribution in [-0.4, -0.2) is 37.2 Å². The molecule has 0 heterocycles. The van der Waals surface area contributed by atoms with Crippen LogP contribution in [0.4, 0.5) is 0 Å². The van der Waals surface area contributed by atoms with Gasteiger partial charge in [-0.2, -0.15) is 0 Å². The normalized spacial score (nSPS) is 11.5. The smallest absolute Gasteiger partial charge is 0.306 e. The van der Waals surface area contributed by atoms with Crippen LogP contribution in [0.3, 0.4) is 0 Å². The van der Waals surface area contributed by atoms with E-state index in [1.165, 1.54) is 308 Å². The fourth-order valence-electron chi connectivity index (χ4n) is 10.9. The van der Waals surface area contributed by atoms with E-state index >= 15 is 0 Å². The van der Waals surface area contributed by atoms with Crippen LogP contribution in [0, 0.1) is 0 Å². The molecule has 0 unspecified atom stereocenters. The molecule has 0 N–H and O–H groups in total. The number of unbranched alkanes of at least 4 members (excludes halogenated alkanes) is 54. The van der Waals surface area contributed by atoms with Gasteiger partial charge in [0.2, 0.25) is 0 Å². The standard InChI is InChI=1S/C69H134O6/c1-4-7-10-13-16-19-22-25-28-30-32-34-36-38-41-43-46-49-52-55-58-61-67(70)73-64-66(75-69(72)63-60-57-54-51-48-45-40-27-24-21-18-15-12-9-6-3)65-74-68(71)62-59-56-53-50-47-44-42-39-37-35-33-31-29-26-23-20-17-14-11-8-5-2/h66H,4-65H2,1-3H3. The number of esters is 3. The summed E-state index contributed by atoms with van der Waals surface area (Å²) in [6.07, 6.45) is 75.5. The molecule has 0 aliphatic heterocycles. The van der Waals surface area contributed by atoms with Gasteiger partial charge in [0, 0.05) is 19.3 Å². The Morgan fingerprint density at radius 3 is 0.533 bits per heavy atom. The molecule has 0 spiro atoms. The van der Waals surface area contributed by atoms with E-state index in [2.05, 4.69) is 20.8 Å². The molecule has 6 heteroatoms. The number of ether oxygens (including phenoxy) is 3. The predicted octanol–water partition coefficient (Wildman–Crippen LogP) is 23.5. The van der Waals surface area contributed by atoms with Gasteiger partial charge in [0.25, 0.3) is 0 Å². The molecule has 0 aromatic rings. The van der Waals surface area contributed by atoms with Crippen molar-refractivity contribution < 1.29 is 28.6 Å². The summed E-state index contributed by atoms with van der Waals surface area (Å²) in [6.45, 7) is 6.74. The Morgan fingerprint density at radius 2 is 0.360 bits per heavy atom. The van der Waals surface area contributed by atoms with Crippen molar-refractivity contribution in [1.82, 2.24) is 0 Å². The zero-order chi connectivity index (χ0) is 54.3. The lowest BCUT2D eigenvalue weighted by molar-refractivity contribution is -0.167. The third-order valence-electron chi connectivity index (χ3n) is 16.1. The molecule has 0 aromatic carbocycles. The van der Waals surface area contributed by atoms with Crippen molar-refractivity contribution in [3.05, 3.63) is 0 Å². The van der Waals surface area contributed by atoms with E-state index in [1.54, 1.807) is 0 Å². The average Bonchev–Trinajstić information content (AvgIpc) is 3.41. The molecule has 0 atom stereocenters. The van der Waals surface area contributed by atoms with Crippen molar-refractivity contribution in [3.63, 3.8) is 0 Å². The van der Waals surface area contributed by atoms with Crippen LogP contribution in [0.15, 0.2) is 0 Å². The first-order valence-electron chi connectivity index (χ1n) is 34.5. The Hall–Kier alpha value is -1.59. The van der Waals surface area contributed by atoms with Crippen molar-refractivity contribution in [2.24, 2.45) is 0 Å². The molecule has 0 saturated heterocycles. The molecule has 0 aliphatic carbocycles. The second-order valence-electron chi connectivity index (χ2n) is 23.8. The second-order valence-corrected chi connectivity index (χ2v) is 23.8. The maximum atomic E-state index is 12.9. The molecule has 75 heavy (non-hydrogen) atoms. The molecule has 446 valence electrons. The Kier molecular flexibility index (Phi) is 63.6. The monoisotopic (exact) mass is 1060 g/mol. The molecule has 0 radical (unpaired) electrons. The van der Waals surface area contributed by atoms with E-state index in [0.717, 1.165) is 57.8 Å². The van der Waals surface area contributed by atoms with Gasteiger partial charge in [-0.25, -0.2) is 0 Å². The fourth-order valence-corrected chi connectivity index (χ4v) is 10.9. The Balaban J connectivity index is 4.23. The maximum Gasteiger partial charge on any atom is 0.306 e. The highest BCUT2D eigenvalue weighted by atomic mass is 16.6. The molecule has 0 bridgehead atoms. The quantitative estimate of drug-likeness (QED) is 0.0343. The molecular formula is C69H134O6. The van der Waals surface area contributed by atoms with E-state index in [1.807, 2.05) is 0 Å². The Bertz CT molecular complexity index is 1060. The molecule has 6 nitrogen and oxygen atoms in total. The zero-order valence-electron chi connectivity index (χ0n) is 51.4. The molecule has 0 aliphatic rings. The van der Waals surface area contributed by atoms with Gasteiger partial charge in [0.1, 0.15) is 13.2 Å². The number of hydrogen-bond acceptors (Lipinski definition) is 6. The summed E-state index contributed by atoms with van der Waals surface area (Å²) in [5.74, 6) is -0.820. The van der Waals surface area contributed by atoms with Gasteiger partial charge in [0.05, 0.1) is 0 Å². The third kappa shape index (κ3) is 63.1. The van der Waals surface area contributed by atoms with Crippen molar-refractivity contribution in [3.8, 4) is 0 Å². The summed E-state index contributed by atoms with van der Waals surface area (Å²) in [7, 11) is 0. The maximum absolute atomic E-state index is 12.9. The van der Waals surface area contributed by atoms with Gasteiger partial charge in [-0.1, -0.05) is 367 Å². The lowest BCUT2D eigenvalue weighted by atomic mass is 10.0.